The monoisotopic (exact) mass is 910 g/mol. The molecule has 0 bridgehead atoms. The Kier molecular flexibility index (Phi) is 18.1. The maximum absolute atomic E-state index is 12.4. The molecular formula is C34H58N2O26. The molecule has 5 rings (SSSR count). The molecule has 0 spiro atoms. The Morgan fingerprint density at radius 3 is 1.35 bits per heavy atom. The Balaban J connectivity index is 1.41. The molecule has 25 atom stereocenters. The summed E-state index contributed by atoms with van der Waals surface area (Å²) >= 11 is 0. The van der Waals surface area contributed by atoms with Gasteiger partial charge in [-0.2, -0.15) is 0 Å². The minimum absolute atomic E-state index is 0.693. The van der Waals surface area contributed by atoms with Crippen LogP contribution in [0.4, 0.5) is 0 Å². The largest absolute Gasteiger partial charge is 0.394 e. The van der Waals surface area contributed by atoms with Gasteiger partial charge in [-0.05, 0) is 0 Å². The third-order valence-corrected chi connectivity index (χ3v) is 11.1. The van der Waals surface area contributed by atoms with Crippen molar-refractivity contribution in [2.24, 2.45) is 0 Å². The molecule has 0 aromatic heterocycles. The number of aliphatic hydroxyl groups excluding tert-OH is 15. The van der Waals surface area contributed by atoms with Crippen LogP contribution >= 0.6 is 0 Å². The van der Waals surface area contributed by atoms with Crippen LogP contribution in [0.5, 0.6) is 0 Å². The first-order valence-corrected chi connectivity index (χ1v) is 19.6. The highest BCUT2D eigenvalue weighted by Crippen LogP contribution is 2.35. The molecule has 28 nitrogen and oxygen atoms in total. The van der Waals surface area contributed by atoms with Crippen LogP contribution in [0.1, 0.15) is 13.8 Å². The van der Waals surface area contributed by atoms with Crippen molar-refractivity contribution < 1.29 is 129 Å². The Labute approximate surface area is 351 Å². The number of hydrogen-bond acceptors (Lipinski definition) is 26. The number of rotatable bonds is 15. The predicted molar refractivity (Wildman–Crippen MR) is 190 cm³/mol. The quantitative estimate of drug-likeness (QED) is 0.0725. The summed E-state index contributed by atoms with van der Waals surface area (Å²) in [5.41, 5.74) is 0. The van der Waals surface area contributed by atoms with Gasteiger partial charge in [0.25, 0.3) is 0 Å². The third kappa shape index (κ3) is 11.0. The summed E-state index contributed by atoms with van der Waals surface area (Å²) in [6.07, 6.45) is -42.3. The van der Waals surface area contributed by atoms with Gasteiger partial charge in [0.2, 0.25) is 11.8 Å². The Bertz CT molecular complexity index is 1440. The lowest BCUT2D eigenvalue weighted by molar-refractivity contribution is -0.384. The van der Waals surface area contributed by atoms with Crippen LogP contribution in [-0.4, -0.2) is 275 Å². The van der Waals surface area contributed by atoms with Gasteiger partial charge in [-0.3, -0.25) is 9.59 Å². The summed E-state index contributed by atoms with van der Waals surface area (Å²) in [6, 6.07) is -3.19. The standard InChI is InChI=1S/C34H58N2O26/c1-8(41)35-15-20(46)27(12(5-39)55-30(15)53)60-31-16(36-9(2)42)21(47)28(13(6-40)58-31)61-34-26(52)29(62-33-25(51)23(49)18(44)11(4-38)57-33)19(45)14(59-34)7-54-32-24(50)22(48)17(43)10(3-37)56-32/h10-34,37-40,43-53H,3-7H2,1-2H3,(H,35,41)(H,36,42)/t10-,11-,12-,13-,14-,15-,16-,17-,18-,19-,20-,21-,22+,23+,24+,25+,26+,27-,28-,29+,30?,31+,32+,33-,34-/m1/s1. The summed E-state index contributed by atoms with van der Waals surface area (Å²) in [6.45, 7) is -2.31. The van der Waals surface area contributed by atoms with E-state index in [1.165, 1.54) is 0 Å². The molecule has 5 aliphatic heterocycles. The Morgan fingerprint density at radius 1 is 0.419 bits per heavy atom. The number of carbonyl (C=O) groups excluding carboxylic acids is 2. The van der Waals surface area contributed by atoms with Crippen molar-refractivity contribution in [3.63, 3.8) is 0 Å². The van der Waals surface area contributed by atoms with E-state index in [9.17, 15) is 86.2 Å². The van der Waals surface area contributed by atoms with Gasteiger partial charge in [0.1, 0.15) is 122 Å². The molecule has 17 N–H and O–H groups in total. The van der Waals surface area contributed by atoms with E-state index in [1.807, 2.05) is 0 Å². The first-order valence-electron chi connectivity index (χ1n) is 19.6. The molecule has 2 amide bonds. The fourth-order valence-corrected chi connectivity index (χ4v) is 7.73. The summed E-state index contributed by atoms with van der Waals surface area (Å²) < 4.78 is 50.8. The van der Waals surface area contributed by atoms with Gasteiger partial charge in [0.05, 0.1) is 33.0 Å². The smallest absolute Gasteiger partial charge is 0.217 e. The van der Waals surface area contributed by atoms with Gasteiger partial charge in [0.15, 0.2) is 31.5 Å². The van der Waals surface area contributed by atoms with Crippen molar-refractivity contribution in [2.75, 3.05) is 33.0 Å². The Morgan fingerprint density at radius 2 is 0.823 bits per heavy atom. The van der Waals surface area contributed by atoms with Crippen molar-refractivity contribution in [1.82, 2.24) is 10.6 Å². The van der Waals surface area contributed by atoms with Crippen molar-refractivity contribution in [2.45, 2.75) is 167 Å². The first kappa shape index (κ1) is 51.0. The maximum Gasteiger partial charge on any atom is 0.217 e. The summed E-state index contributed by atoms with van der Waals surface area (Å²) in [5.74, 6) is -1.49. The van der Waals surface area contributed by atoms with Crippen molar-refractivity contribution in [1.29, 1.82) is 0 Å². The van der Waals surface area contributed by atoms with Gasteiger partial charge >= 0.3 is 0 Å². The number of hydrogen-bond donors (Lipinski definition) is 17. The van der Waals surface area contributed by atoms with Crippen LogP contribution in [0.15, 0.2) is 0 Å². The highest BCUT2D eigenvalue weighted by molar-refractivity contribution is 5.73. The third-order valence-electron chi connectivity index (χ3n) is 11.1. The first-order chi connectivity index (χ1) is 29.3. The highest BCUT2D eigenvalue weighted by Gasteiger charge is 2.56. The van der Waals surface area contributed by atoms with E-state index in [-0.39, 0.29) is 0 Å². The zero-order valence-corrected chi connectivity index (χ0v) is 33.2. The molecule has 1 unspecified atom stereocenters. The molecule has 5 saturated heterocycles. The number of nitrogens with one attached hydrogen (secondary N) is 2. The molecule has 360 valence electrons. The van der Waals surface area contributed by atoms with E-state index in [1.54, 1.807) is 0 Å². The normalized spacial score (nSPS) is 49.0. The molecular weight excluding hydrogens is 852 g/mol. The molecule has 0 radical (unpaired) electrons. The van der Waals surface area contributed by atoms with E-state index < -0.39 is 198 Å². The Hall–Kier alpha value is -2.02. The van der Waals surface area contributed by atoms with E-state index in [0.29, 0.717) is 0 Å². The number of ether oxygens (including phenoxy) is 9. The average Bonchev–Trinajstić information content (AvgIpc) is 3.23. The molecule has 62 heavy (non-hydrogen) atoms. The lowest BCUT2D eigenvalue weighted by Crippen LogP contribution is -2.70. The van der Waals surface area contributed by atoms with Crippen LogP contribution in [0.3, 0.4) is 0 Å². The topological polar surface area (TPSA) is 445 Å². The van der Waals surface area contributed by atoms with Gasteiger partial charge in [-0.1, -0.05) is 0 Å². The second kappa shape index (κ2) is 22.0. The fourth-order valence-electron chi connectivity index (χ4n) is 7.73. The molecule has 5 fully saturated rings. The molecule has 5 aliphatic rings. The predicted octanol–water partition coefficient (Wildman–Crippen LogP) is -11.6. The lowest BCUT2D eigenvalue weighted by Gasteiger charge is -2.50. The second-order valence-corrected chi connectivity index (χ2v) is 15.5. The zero-order chi connectivity index (χ0) is 45.9. The minimum atomic E-state index is -2.18. The van der Waals surface area contributed by atoms with Gasteiger partial charge < -0.3 is 130 Å². The average molecular weight is 911 g/mol. The summed E-state index contributed by atoms with van der Waals surface area (Å²) in [7, 11) is 0. The lowest BCUT2D eigenvalue weighted by atomic mass is 9.94. The van der Waals surface area contributed by atoms with Crippen LogP contribution in [-0.2, 0) is 52.2 Å². The van der Waals surface area contributed by atoms with Gasteiger partial charge in [-0.15, -0.1) is 0 Å². The molecule has 28 heteroatoms. The van der Waals surface area contributed by atoms with Crippen molar-refractivity contribution in [3.05, 3.63) is 0 Å². The molecule has 0 aliphatic carbocycles. The van der Waals surface area contributed by atoms with Gasteiger partial charge in [-0.25, -0.2) is 0 Å². The van der Waals surface area contributed by atoms with E-state index >= 15 is 0 Å². The van der Waals surface area contributed by atoms with Crippen molar-refractivity contribution in [3.8, 4) is 0 Å². The molecule has 0 aromatic rings. The van der Waals surface area contributed by atoms with Gasteiger partial charge in [0, 0.05) is 13.8 Å². The van der Waals surface area contributed by atoms with Crippen LogP contribution < -0.4 is 10.6 Å². The van der Waals surface area contributed by atoms with Crippen LogP contribution in [0.25, 0.3) is 0 Å². The molecule has 0 saturated carbocycles. The summed E-state index contributed by atoms with van der Waals surface area (Å²) in [5, 5.41) is 163. The molecule has 0 aromatic carbocycles. The fraction of sp³-hybridized carbons (Fsp3) is 0.941. The summed E-state index contributed by atoms with van der Waals surface area (Å²) in [4.78, 5) is 24.2. The maximum atomic E-state index is 12.4. The van der Waals surface area contributed by atoms with E-state index in [2.05, 4.69) is 10.6 Å². The number of amides is 2. The van der Waals surface area contributed by atoms with Crippen LogP contribution in [0.2, 0.25) is 0 Å². The van der Waals surface area contributed by atoms with Crippen molar-refractivity contribution >= 4 is 11.8 Å². The number of carbonyl (C=O) groups is 2. The minimum Gasteiger partial charge on any atom is -0.394 e. The van der Waals surface area contributed by atoms with E-state index in [4.69, 9.17) is 42.6 Å². The number of aliphatic hydroxyl groups is 15. The highest BCUT2D eigenvalue weighted by atomic mass is 16.8. The SMILES string of the molecule is CC(=O)N[C@H]1[C@H](O[C@H]2[C@H](O)[C@@H](NC(C)=O)C(O)O[C@@H]2CO)O[C@H](CO)[C@@H](O[C@H]2O[C@H](CO[C@H]3O[C@H](CO)[C@@H](O)[C@H](O)[C@@H]3O)[C@@H](O)[C@H](O[C@H]3O[C@H](CO)[C@@H](O)[C@H](O)[C@@H]3O)[C@@H]2O)[C@@H]1O. The van der Waals surface area contributed by atoms with E-state index in [0.717, 1.165) is 13.8 Å². The second-order valence-electron chi connectivity index (χ2n) is 15.5. The zero-order valence-electron chi connectivity index (χ0n) is 33.2. The molecule has 5 heterocycles. The van der Waals surface area contributed by atoms with Crippen LogP contribution in [0, 0.1) is 0 Å².